The first-order chi connectivity index (χ1) is 8.49. The van der Waals surface area contributed by atoms with Crippen molar-refractivity contribution in [3.63, 3.8) is 0 Å². The summed E-state index contributed by atoms with van der Waals surface area (Å²) in [5.74, 6) is 0.514. The summed E-state index contributed by atoms with van der Waals surface area (Å²) >= 11 is 0. The molecule has 0 aliphatic carbocycles. The van der Waals surface area contributed by atoms with Crippen molar-refractivity contribution in [2.75, 3.05) is 20.1 Å². The zero-order valence-electron chi connectivity index (χ0n) is 11.7. The van der Waals surface area contributed by atoms with Gasteiger partial charge in [0, 0.05) is 6.04 Å². The van der Waals surface area contributed by atoms with Crippen LogP contribution in [-0.4, -0.2) is 25.0 Å². The number of benzene rings is 1. The standard InChI is InChI=1S/C15H25FN2/c1-12(2)7-9-18(3)10-8-15(17)13-5-4-6-14(16)11-13/h4-6,11-12,15H,7-10,17H2,1-3H3. The second kappa shape index (κ2) is 7.49. The lowest BCUT2D eigenvalue weighted by Gasteiger charge is -2.20. The number of nitrogens with two attached hydrogens (primary N) is 1. The molecule has 0 fully saturated rings. The molecule has 1 atom stereocenters. The summed E-state index contributed by atoms with van der Waals surface area (Å²) < 4.78 is 13.1. The highest BCUT2D eigenvalue weighted by molar-refractivity contribution is 5.19. The van der Waals surface area contributed by atoms with Gasteiger partial charge in [0.1, 0.15) is 5.82 Å². The van der Waals surface area contributed by atoms with Crippen molar-refractivity contribution < 1.29 is 4.39 Å². The highest BCUT2D eigenvalue weighted by atomic mass is 19.1. The molecular formula is C15H25FN2. The van der Waals surface area contributed by atoms with Gasteiger partial charge in [0.05, 0.1) is 0 Å². The van der Waals surface area contributed by atoms with Crippen LogP contribution in [0.1, 0.15) is 38.3 Å². The molecule has 0 aliphatic heterocycles. The van der Waals surface area contributed by atoms with Crippen LogP contribution in [0.25, 0.3) is 0 Å². The van der Waals surface area contributed by atoms with Crippen molar-refractivity contribution in [1.82, 2.24) is 4.90 Å². The van der Waals surface area contributed by atoms with E-state index in [1.165, 1.54) is 18.6 Å². The third-order valence-electron chi connectivity index (χ3n) is 3.19. The first kappa shape index (κ1) is 15.1. The van der Waals surface area contributed by atoms with Crippen molar-refractivity contribution in [3.05, 3.63) is 35.6 Å². The highest BCUT2D eigenvalue weighted by Crippen LogP contribution is 2.15. The number of hydrogen-bond donors (Lipinski definition) is 1. The maximum atomic E-state index is 13.1. The molecule has 1 aromatic carbocycles. The molecule has 0 spiro atoms. The molecule has 0 radical (unpaired) electrons. The minimum Gasteiger partial charge on any atom is -0.324 e. The topological polar surface area (TPSA) is 29.3 Å². The van der Waals surface area contributed by atoms with E-state index in [1.807, 2.05) is 6.07 Å². The summed E-state index contributed by atoms with van der Waals surface area (Å²) in [4.78, 5) is 2.29. The Hall–Kier alpha value is -0.930. The molecule has 0 saturated carbocycles. The van der Waals surface area contributed by atoms with Crippen LogP contribution in [0.3, 0.4) is 0 Å². The second-order valence-corrected chi connectivity index (χ2v) is 5.44. The van der Waals surface area contributed by atoms with Gasteiger partial charge in [-0.15, -0.1) is 0 Å². The summed E-state index contributed by atoms with van der Waals surface area (Å²) in [5, 5.41) is 0. The summed E-state index contributed by atoms with van der Waals surface area (Å²) in [5.41, 5.74) is 6.96. The molecule has 0 saturated heterocycles. The molecule has 2 N–H and O–H groups in total. The molecule has 1 aromatic rings. The van der Waals surface area contributed by atoms with E-state index < -0.39 is 0 Å². The first-order valence-corrected chi connectivity index (χ1v) is 6.68. The maximum absolute atomic E-state index is 13.1. The highest BCUT2D eigenvalue weighted by Gasteiger charge is 2.08. The van der Waals surface area contributed by atoms with Crippen molar-refractivity contribution in [2.24, 2.45) is 11.7 Å². The normalized spacial score (nSPS) is 13.3. The largest absolute Gasteiger partial charge is 0.324 e. The minimum atomic E-state index is -0.212. The van der Waals surface area contributed by atoms with Gasteiger partial charge in [-0.1, -0.05) is 26.0 Å². The van der Waals surface area contributed by atoms with Gasteiger partial charge in [-0.25, -0.2) is 4.39 Å². The zero-order valence-corrected chi connectivity index (χ0v) is 11.7. The summed E-state index contributed by atoms with van der Waals surface area (Å²) in [7, 11) is 2.11. The number of hydrogen-bond acceptors (Lipinski definition) is 2. The Morgan fingerprint density at radius 1 is 1.22 bits per heavy atom. The van der Waals surface area contributed by atoms with Crippen LogP contribution in [0.5, 0.6) is 0 Å². The molecular weight excluding hydrogens is 227 g/mol. The van der Waals surface area contributed by atoms with E-state index in [1.54, 1.807) is 6.07 Å². The Kier molecular flexibility index (Phi) is 6.30. The van der Waals surface area contributed by atoms with Crippen LogP contribution in [-0.2, 0) is 0 Å². The Balaban J connectivity index is 2.34. The van der Waals surface area contributed by atoms with Crippen LogP contribution >= 0.6 is 0 Å². The fourth-order valence-corrected chi connectivity index (χ4v) is 1.85. The second-order valence-electron chi connectivity index (χ2n) is 5.44. The van der Waals surface area contributed by atoms with Crippen molar-refractivity contribution in [3.8, 4) is 0 Å². The van der Waals surface area contributed by atoms with Gasteiger partial charge < -0.3 is 10.6 Å². The van der Waals surface area contributed by atoms with Gasteiger partial charge in [-0.05, 0) is 56.6 Å². The molecule has 0 amide bonds. The van der Waals surface area contributed by atoms with Crippen LogP contribution in [0, 0.1) is 11.7 Å². The molecule has 0 heterocycles. The van der Waals surface area contributed by atoms with Crippen LogP contribution in [0.15, 0.2) is 24.3 Å². The predicted molar refractivity (Wildman–Crippen MR) is 74.9 cm³/mol. The van der Waals surface area contributed by atoms with Gasteiger partial charge in [-0.3, -0.25) is 0 Å². The average molecular weight is 252 g/mol. The molecule has 102 valence electrons. The predicted octanol–water partition coefficient (Wildman–Crippen LogP) is 3.19. The molecule has 0 aromatic heterocycles. The molecule has 1 unspecified atom stereocenters. The third-order valence-corrected chi connectivity index (χ3v) is 3.19. The van der Waals surface area contributed by atoms with Gasteiger partial charge in [0.2, 0.25) is 0 Å². The molecule has 18 heavy (non-hydrogen) atoms. The molecule has 1 rings (SSSR count). The van der Waals surface area contributed by atoms with Crippen LogP contribution < -0.4 is 5.73 Å². The smallest absolute Gasteiger partial charge is 0.123 e. The lowest BCUT2D eigenvalue weighted by Crippen LogP contribution is -2.25. The summed E-state index contributed by atoms with van der Waals surface area (Å²) in [6.45, 7) is 6.50. The molecule has 0 aliphatic rings. The number of halogens is 1. The van der Waals surface area contributed by atoms with E-state index in [4.69, 9.17) is 5.73 Å². The number of nitrogens with zero attached hydrogens (tertiary/aromatic N) is 1. The fourth-order valence-electron chi connectivity index (χ4n) is 1.85. The Morgan fingerprint density at radius 3 is 2.50 bits per heavy atom. The zero-order chi connectivity index (χ0) is 13.5. The minimum absolute atomic E-state index is 0.0813. The van der Waals surface area contributed by atoms with Gasteiger partial charge in [0.25, 0.3) is 0 Å². The van der Waals surface area contributed by atoms with Gasteiger partial charge in [-0.2, -0.15) is 0 Å². The first-order valence-electron chi connectivity index (χ1n) is 6.68. The SMILES string of the molecule is CC(C)CCN(C)CCC(N)c1cccc(F)c1. The Morgan fingerprint density at radius 2 is 1.89 bits per heavy atom. The molecule has 0 bridgehead atoms. The van der Waals surface area contributed by atoms with Crippen molar-refractivity contribution in [2.45, 2.75) is 32.7 Å². The van der Waals surface area contributed by atoms with Gasteiger partial charge in [0.15, 0.2) is 0 Å². The average Bonchev–Trinajstić information content (AvgIpc) is 2.33. The molecule has 2 nitrogen and oxygen atoms in total. The maximum Gasteiger partial charge on any atom is 0.123 e. The van der Waals surface area contributed by atoms with E-state index in [2.05, 4.69) is 25.8 Å². The summed E-state index contributed by atoms with van der Waals surface area (Å²) in [6, 6.07) is 6.50. The lowest BCUT2D eigenvalue weighted by molar-refractivity contribution is 0.298. The fraction of sp³-hybridized carbons (Fsp3) is 0.600. The van der Waals surface area contributed by atoms with Gasteiger partial charge >= 0.3 is 0 Å². The van der Waals surface area contributed by atoms with E-state index in [0.717, 1.165) is 31.0 Å². The van der Waals surface area contributed by atoms with Crippen molar-refractivity contribution in [1.29, 1.82) is 0 Å². The van der Waals surface area contributed by atoms with E-state index in [0.29, 0.717) is 0 Å². The summed E-state index contributed by atoms with van der Waals surface area (Å²) in [6.07, 6.45) is 2.06. The molecule has 3 heteroatoms. The lowest BCUT2D eigenvalue weighted by atomic mass is 10.0. The Bertz CT molecular complexity index is 352. The third kappa shape index (κ3) is 5.61. The van der Waals surface area contributed by atoms with Crippen LogP contribution in [0.4, 0.5) is 4.39 Å². The number of rotatable bonds is 7. The Labute approximate surface area is 110 Å². The van der Waals surface area contributed by atoms with E-state index in [-0.39, 0.29) is 11.9 Å². The van der Waals surface area contributed by atoms with Crippen LogP contribution in [0.2, 0.25) is 0 Å². The van der Waals surface area contributed by atoms with E-state index in [9.17, 15) is 4.39 Å². The monoisotopic (exact) mass is 252 g/mol. The quantitative estimate of drug-likeness (QED) is 0.807. The van der Waals surface area contributed by atoms with E-state index >= 15 is 0 Å². The van der Waals surface area contributed by atoms with Crippen molar-refractivity contribution >= 4 is 0 Å².